The molecule has 9 amide bonds. The van der Waals surface area contributed by atoms with Gasteiger partial charge in [-0.05, 0) is 108 Å². The van der Waals surface area contributed by atoms with Crippen molar-refractivity contribution in [1.29, 1.82) is 0 Å². The lowest BCUT2D eigenvalue weighted by atomic mass is 9.96. The second kappa shape index (κ2) is 52.1. The van der Waals surface area contributed by atoms with E-state index in [1.54, 1.807) is 92.5 Å². The Morgan fingerprint density at radius 1 is 0.732 bits per heavy atom. The number of hydrogen-bond donors (Lipinski definition) is 10. The standard InChI is InChI=1S/C90H104ClFN18O23S2.C2HF3O2/c1-55(2)81(102-72(111)30-43-128-44-40-109-74(113)24-25-75(109)114)85(120)101-67(13-10-31-95-89(93)123)84(119)100-62-21-18-59(60(47-62)51-129-52-64-49-108(105-103-64)39-46-131-90(124)104-135(125,126)98-33-27-73(112)107(34-28-76(115)116)35-29-77(117)118)50-110(4)41-36-106(37-42-110)38-45-130-70-23-22-65(56(3)80(70)91)78-79-86(96-54-97-87(79)134-82(78)57-16-19-61(92)20-17-57)133-71(88(121)122)48-58-11-6-8-14-68(58)132-53-63-26-32-94-83(99-63)66-12-7-9-15-69(66)127-5;3-2(4,5)1(6)7/h6-9,11-12,14-26,32,47,49,54-55,67,71,81,98H,10,13,27-31,33-46,48,50-53H2,1-5H3,(H9-,93,95,100,101,102,104,111,115,116,117,118,119,120,121,122,123,124);(H,6,7)/t67-,71+,81-;/m0./s1. The Kier molecular flexibility index (Phi) is 40.2. The number of primary amides is 1. The Morgan fingerprint density at radius 3 is 2.11 bits per heavy atom. The Balaban J connectivity index is 0.00000285. The zero-order chi connectivity index (χ0) is 103. The average molecular weight is 2040 g/mol. The summed E-state index contributed by atoms with van der Waals surface area (Å²) in [6.45, 7) is 7.16. The van der Waals surface area contributed by atoms with Gasteiger partial charge < -0.3 is 94.8 Å². The lowest BCUT2D eigenvalue weighted by Gasteiger charge is -2.42. The number of quaternary nitrogens is 1. The number of piperazine rings is 1. The fourth-order valence-corrected chi connectivity index (χ4v) is 16.8. The van der Waals surface area contributed by atoms with Crippen LogP contribution in [0.3, 0.4) is 0 Å². The molecule has 0 saturated carbocycles. The maximum absolute atomic E-state index is 14.7. The number of fused-ring (bicyclic) bond motifs is 1. The minimum atomic E-state index is -5.19. The summed E-state index contributed by atoms with van der Waals surface area (Å²) < 4.78 is 119. The monoisotopic (exact) mass is 2040 g/mol. The molecule has 4 aromatic heterocycles. The van der Waals surface area contributed by atoms with Crippen LogP contribution in [-0.4, -0.2) is 280 Å². The topological polar surface area (TPSA) is 578 Å². The SMILES string of the molecule is COc1ccccc1-c1nccc(COc2ccccc2C[C@@H](Oc2ncnc3sc(-c4ccc(F)cc4)c(-c4ccc(OCCN5CC[N+](C)(Cc6ccc(NC(=O)[C@H](CCCNC(N)=O)NC(=O)[C@@H](NC(=O)CCOCCN7C(=O)C=CC7=O)C(C)C)cc6COCc6cn(CCOC(=O)NS(=O)(=O)NCCC(=O)N(CCC(=O)O)CCC(=O)O)nn6)CC5)c(Cl)c4C)c23)C(=O)O)n1.O=C([O-])C(F)(F)F. The summed E-state index contributed by atoms with van der Waals surface area (Å²) in [5, 5.41) is 57.7. The molecule has 11 rings (SSSR count). The molecule has 50 heteroatoms. The molecule has 0 bridgehead atoms. The van der Waals surface area contributed by atoms with Crippen molar-refractivity contribution in [1.82, 2.24) is 75.0 Å². The lowest BCUT2D eigenvalue weighted by molar-refractivity contribution is -0.926. The Hall–Kier alpha value is -14.5. The molecule has 3 atom stereocenters. The molecule has 1 saturated heterocycles. The van der Waals surface area contributed by atoms with Crippen molar-refractivity contribution in [2.75, 3.05) is 111 Å². The van der Waals surface area contributed by atoms with Gasteiger partial charge in [0.25, 0.3) is 11.8 Å². The van der Waals surface area contributed by atoms with E-state index in [0.717, 1.165) is 27.5 Å². The Morgan fingerprint density at radius 2 is 1.43 bits per heavy atom. The number of amides is 9. The highest BCUT2D eigenvalue weighted by molar-refractivity contribution is 7.88. The molecule has 11 N–H and O–H groups in total. The molecule has 6 heterocycles. The van der Waals surface area contributed by atoms with E-state index < -0.39 is 150 Å². The van der Waals surface area contributed by atoms with E-state index >= 15 is 0 Å². The summed E-state index contributed by atoms with van der Waals surface area (Å²) in [6.07, 6.45) is -2.96. The number of para-hydroxylation sites is 2. The number of aliphatic carboxylic acids is 4. The largest absolute Gasteiger partial charge is 0.542 e. The average Bonchev–Trinajstić information content (AvgIpc) is 1.61. The number of nitrogens with zero attached hydrogens (tertiary/aromatic N) is 11. The highest BCUT2D eigenvalue weighted by atomic mass is 35.5. The maximum atomic E-state index is 14.7. The number of anilines is 1. The van der Waals surface area contributed by atoms with Gasteiger partial charge in [-0.2, -0.15) is 26.3 Å². The van der Waals surface area contributed by atoms with Gasteiger partial charge in [-0.3, -0.25) is 48.2 Å². The zero-order valence-electron chi connectivity index (χ0n) is 77.5. The molecule has 2 aliphatic rings. The van der Waals surface area contributed by atoms with Crippen molar-refractivity contribution in [3.63, 3.8) is 0 Å². The van der Waals surface area contributed by atoms with Gasteiger partial charge in [0.1, 0.15) is 84.3 Å². The molecule has 0 unspecified atom stereocenters. The lowest BCUT2D eigenvalue weighted by Crippen LogP contribution is -2.57. The molecule has 2 aliphatic heterocycles. The van der Waals surface area contributed by atoms with Crippen LogP contribution < -0.4 is 60.5 Å². The second-order valence-electron chi connectivity index (χ2n) is 32.8. The van der Waals surface area contributed by atoms with Crippen LogP contribution in [0.4, 0.5) is 32.8 Å². The van der Waals surface area contributed by atoms with Crippen molar-refractivity contribution in [2.24, 2.45) is 11.7 Å². The number of benzene rings is 5. The zero-order valence-corrected chi connectivity index (χ0v) is 79.9. The first kappa shape index (κ1) is 110. The summed E-state index contributed by atoms with van der Waals surface area (Å²) in [5.41, 5.74) is 11.7. The van der Waals surface area contributed by atoms with Crippen LogP contribution in [0.25, 0.3) is 43.2 Å². The van der Waals surface area contributed by atoms with E-state index in [9.17, 15) is 83.8 Å². The number of halogens is 5. The second-order valence-corrected chi connectivity index (χ2v) is 35.7. The number of rotatable bonds is 52. The van der Waals surface area contributed by atoms with Crippen molar-refractivity contribution in [3.05, 3.63) is 185 Å². The highest BCUT2D eigenvalue weighted by Gasteiger charge is 2.36. The number of likely N-dealkylation sites (N-methyl/N-ethyl adjacent to an activating group) is 1. The van der Waals surface area contributed by atoms with Gasteiger partial charge in [0.2, 0.25) is 35.6 Å². The number of ether oxygens (including phenoxy) is 7. The quantitative estimate of drug-likeness (QED) is 0.00869. The minimum absolute atomic E-state index is 0.00421. The fraction of sp³-hybridized carbons (Fsp3) is 0.391. The number of urea groups is 1. The van der Waals surface area contributed by atoms with Crippen LogP contribution in [-0.2, 0) is 112 Å². The van der Waals surface area contributed by atoms with E-state index in [-0.39, 0.29) is 104 Å². The summed E-state index contributed by atoms with van der Waals surface area (Å²) in [6, 6.07) is 27.8. The van der Waals surface area contributed by atoms with Crippen molar-refractivity contribution in [3.8, 4) is 56.1 Å². The first-order chi connectivity index (χ1) is 67.6. The third-order valence-corrected chi connectivity index (χ3v) is 24.7. The van der Waals surface area contributed by atoms with E-state index in [0.29, 0.717) is 143 Å². The molecule has 142 heavy (non-hydrogen) atoms. The van der Waals surface area contributed by atoms with Gasteiger partial charge in [0.15, 0.2) is 5.82 Å². The molecule has 43 nitrogen and oxygen atoms in total. The predicted octanol–water partition coefficient (Wildman–Crippen LogP) is 6.27. The van der Waals surface area contributed by atoms with Crippen molar-refractivity contribution < 1.29 is 142 Å². The van der Waals surface area contributed by atoms with Crippen LogP contribution in [0, 0.1) is 18.7 Å². The number of aromatic nitrogens is 7. The van der Waals surface area contributed by atoms with Crippen LogP contribution in [0.5, 0.6) is 23.1 Å². The van der Waals surface area contributed by atoms with Crippen molar-refractivity contribution in [2.45, 2.75) is 123 Å². The first-order valence-corrected chi connectivity index (χ1v) is 47.0. The third kappa shape index (κ3) is 33.1. The number of carboxylic acids is 4. The van der Waals surface area contributed by atoms with Crippen molar-refractivity contribution >= 4 is 120 Å². The summed E-state index contributed by atoms with van der Waals surface area (Å²) in [4.78, 5) is 171. The predicted molar refractivity (Wildman–Crippen MR) is 499 cm³/mol. The normalized spacial score (nSPS) is 13.6. The number of carbonyl (C=O) groups is 12. The van der Waals surface area contributed by atoms with Crippen LogP contribution in [0.15, 0.2) is 140 Å². The molecule has 5 aromatic carbocycles. The van der Waals surface area contributed by atoms with Gasteiger partial charge >= 0.3 is 46.4 Å². The molecular weight excluding hydrogens is 1930 g/mol. The van der Waals surface area contributed by atoms with Crippen LogP contribution in [0.2, 0.25) is 5.02 Å². The van der Waals surface area contributed by atoms with Crippen LogP contribution >= 0.6 is 22.9 Å². The van der Waals surface area contributed by atoms with Gasteiger partial charge in [-0.1, -0.05) is 85.3 Å². The minimum Gasteiger partial charge on any atom is -0.542 e. The van der Waals surface area contributed by atoms with E-state index in [2.05, 4.69) is 58.5 Å². The van der Waals surface area contributed by atoms with Gasteiger partial charge in [0.05, 0.1) is 107 Å². The molecule has 1 fully saturated rings. The van der Waals surface area contributed by atoms with E-state index in [1.165, 1.54) is 40.7 Å². The number of methoxy groups -OCH3 is 1. The summed E-state index contributed by atoms with van der Waals surface area (Å²) in [7, 11) is -0.894. The number of alkyl halides is 3. The molecule has 760 valence electrons. The number of carbonyl (C=O) groups excluding carboxylic acids is 9. The summed E-state index contributed by atoms with van der Waals surface area (Å²) in [5.74, 6) is -9.48. The van der Waals surface area contributed by atoms with E-state index in [1.807, 2.05) is 48.0 Å². The van der Waals surface area contributed by atoms with Gasteiger partial charge in [-0.15, -0.1) is 16.4 Å². The third-order valence-electron chi connectivity index (χ3n) is 22.1. The molecule has 0 spiro atoms. The molecular formula is C92H105ClF4N18O25S2. The van der Waals surface area contributed by atoms with Crippen LogP contribution in [0.1, 0.15) is 86.0 Å². The summed E-state index contributed by atoms with van der Waals surface area (Å²) >= 11 is 8.61. The first-order valence-electron chi connectivity index (χ1n) is 44.3. The highest BCUT2D eigenvalue weighted by Crippen LogP contribution is 2.50. The number of thiophene rings is 1. The smallest absolute Gasteiger partial charge is 0.430 e. The maximum Gasteiger partial charge on any atom is 0.430 e. The molecule has 0 aliphatic carbocycles. The van der Waals surface area contributed by atoms with Gasteiger partial charge in [-0.25, -0.2) is 48.1 Å². The van der Waals surface area contributed by atoms with E-state index in [4.69, 9.17) is 75.6 Å². The number of hydrogen-bond acceptors (Lipinski definition) is 30. The molecule has 0 radical (unpaired) electrons. The number of nitrogens with two attached hydrogens (primary N) is 1. The fourth-order valence-electron chi connectivity index (χ4n) is 14.7. The molecule has 9 aromatic rings. The number of imide groups is 1. The Bertz CT molecular complexity index is 6120. The number of nitrogens with one attached hydrogen (secondary N) is 6. The Labute approximate surface area is 819 Å². The van der Waals surface area contributed by atoms with Gasteiger partial charge in [0, 0.05) is 105 Å². The number of carboxylic acid groups (broad SMARTS) is 4.